The third-order valence-corrected chi connectivity index (χ3v) is 3.15. The summed E-state index contributed by atoms with van der Waals surface area (Å²) in [6, 6.07) is 10.9. The van der Waals surface area contributed by atoms with E-state index in [9.17, 15) is 9.18 Å². The highest BCUT2D eigenvalue weighted by atomic mass is 19.1. The van der Waals surface area contributed by atoms with Crippen LogP contribution in [0.2, 0.25) is 0 Å². The number of carbonyl (C=O) groups is 1. The van der Waals surface area contributed by atoms with E-state index in [0.717, 1.165) is 16.5 Å². The molecule has 0 N–H and O–H groups in total. The van der Waals surface area contributed by atoms with E-state index in [2.05, 4.69) is 4.98 Å². The van der Waals surface area contributed by atoms with Gasteiger partial charge >= 0.3 is 0 Å². The van der Waals surface area contributed by atoms with Gasteiger partial charge in [-0.1, -0.05) is 18.2 Å². The van der Waals surface area contributed by atoms with Crippen LogP contribution in [0.3, 0.4) is 0 Å². The molecule has 3 rings (SSSR count). The maximum Gasteiger partial charge on any atom is 0.225 e. The fourth-order valence-corrected chi connectivity index (χ4v) is 2.20. The number of carbonyl (C=O) groups excluding carboxylic acids is 1. The maximum absolute atomic E-state index is 13.6. The van der Waals surface area contributed by atoms with Crippen molar-refractivity contribution in [2.75, 3.05) is 0 Å². The van der Waals surface area contributed by atoms with Crippen molar-refractivity contribution >= 4 is 17.2 Å². The molecule has 1 aromatic carbocycles. The van der Waals surface area contributed by atoms with Gasteiger partial charge in [0.15, 0.2) is 6.29 Å². The van der Waals surface area contributed by atoms with Crippen LogP contribution in [0.25, 0.3) is 16.7 Å². The molecule has 0 aliphatic heterocycles. The van der Waals surface area contributed by atoms with Gasteiger partial charge in [-0.15, -0.1) is 0 Å². The van der Waals surface area contributed by atoms with E-state index in [1.54, 1.807) is 6.07 Å². The lowest BCUT2D eigenvalue weighted by molar-refractivity contribution is 0.111. The SMILES string of the molecule is Cc1cn(-c2ccc(C=O)c(F)n2)c2ccccc12. The summed E-state index contributed by atoms with van der Waals surface area (Å²) in [6.07, 6.45) is 2.37. The second-order valence-corrected chi connectivity index (χ2v) is 4.37. The first kappa shape index (κ1) is 11.6. The van der Waals surface area contributed by atoms with E-state index in [4.69, 9.17) is 0 Å². The number of rotatable bonds is 2. The molecule has 0 aliphatic carbocycles. The average molecular weight is 254 g/mol. The number of benzene rings is 1. The quantitative estimate of drug-likeness (QED) is 0.519. The van der Waals surface area contributed by atoms with Gasteiger partial charge in [0.25, 0.3) is 0 Å². The molecule has 2 heterocycles. The van der Waals surface area contributed by atoms with Crippen LogP contribution in [0.1, 0.15) is 15.9 Å². The van der Waals surface area contributed by atoms with E-state index in [-0.39, 0.29) is 5.56 Å². The van der Waals surface area contributed by atoms with Crippen molar-refractivity contribution in [3.8, 4) is 5.82 Å². The molecule has 94 valence electrons. The van der Waals surface area contributed by atoms with E-state index in [0.29, 0.717) is 12.1 Å². The number of aldehydes is 1. The van der Waals surface area contributed by atoms with Gasteiger partial charge in [0.2, 0.25) is 5.95 Å². The van der Waals surface area contributed by atoms with Crippen molar-refractivity contribution in [1.29, 1.82) is 0 Å². The van der Waals surface area contributed by atoms with E-state index < -0.39 is 5.95 Å². The minimum absolute atomic E-state index is 0.0306. The van der Waals surface area contributed by atoms with Crippen LogP contribution in [0.5, 0.6) is 0 Å². The maximum atomic E-state index is 13.6. The second kappa shape index (κ2) is 4.31. The van der Waals surface area contributed by atoms with Crippen molar-refractivity contribution in [2.24, 2.45) is 0 Å². The molecule has 2 aromatic heterocycles. The normalized spacial score (nSPS) is 10.8. The smallest absolute Gasteiger partial charge is 0.225 e. The van der Waals surface area contributed by atoms with Gasteiger partial charge in [0.1, 0.15) is 5.82 Å². The summed E-state index contributed by atoms with van der Waals surface area (Å²) in [7, 11) is 0. The minimum Gasteiger partial charge on any atom is -0.301 e. The molecule has 0 spiro atoms. The van der Waals surface area contributed by atoms with Crippen LogP contribution < -0.4 is 0 Å². The largest absolute Gasteiger partial charge is 0.301 e. The lowest BCUT2D eigenvalue weighted by Crippen LogP contribution is -2.00. The number of pyridine rings is 1. The topological polar surface area (TPSA) is 34.9 Å². The van der Waals surface area contributed by atoms with Crippen LogP contribution in [-0.2, 0) is 0 Å². The fraction of sp³-hybridized carbons (Fsp3) is 0.0667. The van der Waals surface area contributed by atoms with Crippen LogP contribution in [0, 0.1) is 12.9 Å². The molecule has 0 saturated heterocycles. The Labute approximate surface area is 109 Å². The standard InChI is InChI=1S/C15H11FN2O/c1-10-8-18(13-5-3-2-4-12(10)13)14-7-6-11(9-19)15(16)17-14/h2-9H,1H3. The van der Waals surface area contributed by atoms with Gasteiger partial charge in [-0.2, -0.15) is 4.39 Å². The van der Waals surface area contributed by atoms with Crippen molar-refractivity contribution < 1.29 is 9.18 Å². The second-order valence-electron chi connectivity index (χ2n) is 4.37. The number of aryl methyl sites for hydroxylation is 1. The number of fused-ring (bicyclic) bond motifs is 1. The van der Waals surface area contributed by atoms with Gasteiger partial charge in [-0.05, 0) is 30.7 Å². The predicted molar refractivity (Wildman–Crippen MR) is 71.2 cm³/mol. The zero-order chi connectivity index (χ0) is 13.4. The molecule has 0 fully saturated rings. The molecule has 0 unspecified atom stereocenters. The molecule has 0 radical (unpaired) electrons. The summed E-state index contributed by atoms with van der Waals surface area (Å²) in [6.45, 7) is 2.00. The summed E-state index contributed by atoms with van der Waals surface area (Å²) in [5, 5.41) is 1.10. The monoisotopic (exact) mass is 254 g/mol. The highest BCUT2D eigenvalue weighted by molar-refractivity contribution is 5.85. The molecule has 4 heteroatoms. The van der Waals surface area contributed by atoms with Gasteiger partial charge in [0, 0.05) is 11.6 Å². The third-order valence-electron chi connectivity index (χ3n) is 3.15. The van der Waals surface area contributed by atoms with Crippen molar-refractivity contribution in [1.82, 2.24) is 9.55 Å². The first-order chi connectivity index (χ1) is 9.20. The minimum atomic E-state index is -0.747. The van der Waals surface area contributed by atoms with Crippen LogP contribution in [0.15, 0.2) is 42.6 Å². The lowest BCUT2D eigenvalue weighted by Gasteiger charge is -2.05. The molecular formula is C15H11FN2O. The summed E-state index contributed by atoms with van der Waals surface area (Å²) >= 11 is 0. The first-order valence-electron chi connectivity index (χ1n) is 5.89. The zero-order valence-corrected chi connectivity index (χ0v) is 10.3. The first-order valence-corrected chi connectivity index (χ1v) is 5.89. The molecule has 3 nitrogen and oxygen atoms in total. The van der Waals surface area contributed by atoms with Crippen molar-refractivity contribution in [3.05, 3.63) is 59.7 Å². The van der Waals surface area contributed by atoms with E-state index in [1.807, 2.05) is 42.0 Å². The summed E-state index contributed by atoms with van der Waals surface area (Å²) < 4.78 is 15.4. The number of aromatic nitrogens is 2. The molecule has 0 amide bonds. The molecular weight excluding hydrogens is 243 g/mol. The van der Waals surface area contributed by atoms with Crippen LogP contribution in [0.4, 0.5) is 4.39 Å². The van der Waals surface area contributed by atoms with Gasteiger partial charge in [-0.25, -0.2) is 4.98 Å². The Morgan fingerprint density at radius 1 is 1.21 bits per heavy atom. The van der Waals surface area contributed by atoms with Crippen molar-refractivity contribution in [2.45, 2.75) is 6.92 Å². The average Bonchev–Trinajstić information content (AvgIpc) is 2.77. The van der Waals surface area contributed by atoms with E-state index in [1.165, 1.54) is 6.07 Å². The molecule has 3 aromatic rings. The van der Waals surface area contributed by atoms with Crippen LogP contribution >= 0.6 is 0 Å². The van der Waals surface area contributed by atoms with Crippen molar-refractivity contribution in [3.63, 3.8) is 0 Å². The molecule has 0 atom stereocenters. The number of nitrogens with zero attached hydrogens (tertiary/aromatic N) is 2. The van der Waals surface area contributed by atoms with Gasteiger partial charge in [0.05, 0.1) is 11.1 Å². The number of hydrogen-bond acceptors (Lipinski definition) is 2. The molecule has 19 heavy (non-hydrogen) atoms. The fourth-order valence-electron chi connectivity index (χ4n) is 2.20. The summed E-state index contributed by atoms with van der Waals surface area (Å²) in [5.74, 6) is -0.282. The molecule has 0 aliphatic rings. The summed E-state index contributed by atoms with van der Waals surface area (Å²) in [5.41, 5.74) is 2.03. The zero-order valence-electron chi connectivity index (χ0n) is 10.3. The number of para-hydroxylation sites is 1. The highest BCUT2D eigenvalue weighted by Gasteiger charge is 2.10. The highest BCUT2D eigenvalue weighted by Crippen LogP contribution is 2.23. The Kier molecular flexibility index (Phi) is 2.63. The van der Waals surface area contributed by atoms with Gasteiger partial charge < -0.3 is 4.57 Å². The van der Waals surface area contributed by atoms with Crippen LogP contribution in [-0.4, -0.2) is 15.8 Å². The Morgan fingerprint density at radius 3 is 2.74 bits per heavy atom. The molecule has 0 saturated carbocycles. The van der Waals surface area contributed by atoms with E-state index >= 15 is 0 Å². The Bertz CT molecular complexity index is 777. The van der Waals surface area contributed by atoms with Gasteiger partial charge in [-0.3, -0.25) is 4.79 Å². The Balaban J connectivity index is 2.25. The Hall–Kier alpha value is -2.49. The molecule has 0 bridgehead atoms. The lowest BCUT2D eigenvalue weighted by atomic mass is 10.2. The number of hydrogen-bond donors (Lipinski definition) is 0. The summed E-state index contributed by atoms with van der Waals surface area (Å²) in [4.78, 5) is 14.4. The Morgan fingerprint density at radius 2 is 2.00 bits per heavy atom. The third kappa shape index (κ3) is 1.81. The number of halogens is 1. The predicted octanol–water partition coefficient (Wildman–Crippen LogP) is 3.29.